The monoisotopic (exact) mass is 433 g/mol. The largest absolute Gasteiger partial charge is 0.448 e. The molecule has 0 aliphatic heterocycles. The number of amides is 1. The standard InChI is InChI=1S/C20H15N7O3S/c1-31-20-23-24-25-27(20)13-6-4-5-12(9-13)22-16(28)10-26-11-21-17-14-7-2-3-8-15(14)30-18(17)19(26)29/h2-9,11H,10H2,1H3,(H,22,28). The molecule has 5 rings (SSSR count). The zero-order chi connectivity index (χ0) is 21.4. The molecule has 1 amide bonds. The van der Waals surface area contributed by atoms with E-state index in [4.69, 9.17) is 4.42 Å². The molecule has 0 aliphatic carbocycles. The number of nitrogens with zero attached hydrogens (tertiary/aromatic N) is 6. The highest BCUT2D eigenvalue weighted by Gasteiger charge is 2.15. The Morgan fingerprint density at radius 3 is 2.94 bits per heavy atom. The maximum atomic E-state index is 12.8. The van der Waals surface area contributed by atoms with Crippen LogP contribution in [-0.2, 0) is 11.3 Å². The lowest BCUT2D eigenvalue weighted by atomic mass is 10.2. The molecule has 11 heteroatoms. The molecule has 1 N–H and O–H groups in total. The summed E-state index contributed by atoms with van der Waals surface area (Å²) in [6.45, 7) is -0.204. The minimum Gasteiger partial charge on any atom is -0.448 e. The van der Waals surface area contributed by atoms with Gasteiger partial charge in [-0.2, -0.15) is 4.68 Å². The Morgan fingerprint density at radius 1 is 1.19 bits per heavy atom. The van der Waals surface area contributed by atoms with Gasteiger partial charge in [-0.3, -0.25) is 14.2 Å². The van der Waals surface area contributed by atoms with Gasteiger partial charge in [0.15, 0.2) is 0 Å². The fraction of sp³-hybridized carbons (Fsp3) is 0.100. The average Bonchev–Trinajstić information content (AvgIpc) is 3.41. The molecule has 0 bridgehead atoms. The van der Waals surface area contributed by atoms with E-state index in [1.807, 2.05) is 30.5 Å². The summed E-state index contributed by atoms with van der Waals surface area (Å²) in [7, 11) is 0. The number of hydrogen-bond donors (Lipinski definition) is 1. The van der Waals surface area contributed by atoms with E-state index < -0.39 is 5.56 Å². The fourth-order valence-electron chi connectivity index (χ4n) is 3.27. The molecular formula is C20H15N7O3S. The maximum Gasteiger partial charge on any atom is 0.297 e. The summed E-state index contributed by atoms with van der Waals surface area (Å²) in [6, 6.07) is 14.4. The van der Waals surface area contributed by atoms with Crippen molar-refractivity contribution in [2.75, 3.05) is 11.6 Å². The van der Waals surface area contributed by atoms with Gasteiger partial charge in [0.2, 0.25) is 16.6 Å². The second kappa shape index (κ2) is 7.69. The van der Waals surface area contributed by atoms with E-state index in [0.717, 1.165) is 5.39 Å². The summed E-state index contributed by atoms with van der Waals surface area (Å²) in [5.74, 6) is -0.377. The van der Waals surface area contributed by atoms with Gasteiger partial charge in [-0.25, -0.2) is 4.98 Å². The number of anilines is 1. The topological polar surface area (TPSA) is 121 Å². The molecule has 10 nitrogen and oxygen atoms in total. The lowest BCUT2D eigenvalue weighted by Crippen LogP contribution is -2.27. The lowest BCUT2D eigenvalue weighted by molar-refractivity contribution is -0.116. The Morgan fingerprint density at radius 2 is 2.06 bits per heavy atom. The van der Waals surface area contributed by atoms with Gasteiger partial charge in [-0.05, 0) is 47.0 Å². The van der Waals surface area contributed by atoms with Crippen LogP contribution >= 0.6 is 11.8 Å². The van der Waals surface area contributed by atoms with Crippen LogP contribution in [0.1, 0.15) is 0 Å². The molecule has 31 heavy (non-hydrogen) atoms. The number of aromatic nitrogens is 6. The smallest absolute Gasteiger partial charge is 0.297 e. The van der Waals surface area contributed by atoms with Gasteiger partial charge in [0.05, 0.1) is 12.0 Å². The maximum absolute atomic E-state index is 12.8. The van der Waals surface area contributed by atoms with E-state index in [9.17, 15) is 9.59 Å². The summed E-state index contributed by atoms with van der Waals surface area (Å²) in [6.07, 6.45) is 3.23. The third kappa shape index (κ3) is 3.44. The highest BCUT2D eigenvalue weighted by molar-refractivity contribution is 7.98. The summed E-state index contributed by atoms with van der Waals surface area (Å²) >= 11 is 1.41. The molecule has 3 heterocycles. The van der Waals surface area contributed by atoms with Gasteiger partial charge < -0.3 is 9.73 Å². The van der Waals surface area contributed by atoms with E-state index >= 15 is 0 Å². The average molecular weight is 433 g/mol. The molecule has 5 aromatic rings. The highest BCUT2D eigenvalue weighted by atomic mass is 32.2. The van der Waals surface area contributed by atoms with E-state index in [0.29, 0.717) is 27.6 Å². The van der Waals surface area contributed by atoms with Crippen LogP contribution in [0.4, 0.5) is 5.69 Å². The molecule has 154 valence electrons. The van der Waals surface area contributed by atoms with Crippen molar-refractivity contribution >= 4 is 45.4 Å². The van der Waals surface area contributed by atoms with E-state index in [1.54, 1.807) is 28.9 Å². The highest BCUT2D eigenvalue weighted by Crippen LogP contribution is 2.24. The van der Waals surface area contributed by atoms with Gasteiger partial charge in [-0.15, -0.1) is 5.10 Å². The van der Waals surface area contributed by atoms with Gasteiger partial charge in [-0.1, -0.05) is 30.0 Å². The molecule has 0 radical (unpaired) electrons. The van der Waals surface area contributed by atoms with Crippen molar-refractivity contribution in [2.24, 2.45) is 0 Å². The number of para-hydroxylation sites is 1. The molecular weight excluding hydrogens is 418 g/mol. The van der Waals surface area contributed by atoms with Crippen LogP contribution in [0.25, 0.3) is 27.8 Å². The van der Waals surface area contributed by atoms with Crippen molar-refractivity contribution in [3.63, 3.8) is 0 Å². The number of thioether (sulfide) groups is 1. The molecule has 2 aromatic carbocycles. The third-order valence-corrected chi connectivity index (χ3v) is 5.28. The first-order valence-corrected chi connectivity index (χ1v) is 10.5. The van der Waals surface area contributed by atoms with E-state index in [1.165, 1.54) is 22.7 Å². The normalized spacial score (nSPS) is 11.3. The summed E-state index contributed by atoms with van der Waals surface area (Å²) in [5.41, 5.74) is 2.03. The van der Waals surface area contributed by atoms with Crippen LogP contribution in [0.2, 0.25) is 0 Å². The van der Waals surface area contributed by atoms with E-state index in [-0.39, 0.29) is 18.0 Å². The number of benzene rings is 2. The number of fused-ring (bicyclic) bond motifs is 3. The van der Waals surface area contributed by atoms with Crippen LogP contribution in [-0.4, -0.2) is 41.9 Å². The Labute approximate surface area is 178 Å². The summed E-state index contributed by atoms with van der Waals surface area (Å²) < 4.78 is 8.44. The van der Waals surface area contributed by atoms with Gasteiger partial charge in [0, 0.05) is 11.1 Å². The molecule has 0 aliphatic rings. The van der Waals surface area contributed by atoms with Crippen molar-refractivity contribution in [1.82, 2.24) is 29.8 Å². The minimum absolute atomic E-state index is 0.127. The van der Waals surface area contributed by atoms with Crippen LogP contribution in [0.15, 0.2) is 69.2 Å². The van der Waals surface area contributed by atoms with Crippen molar-refractivity contribution in [3.05, 3.63) is 65.2 Å². The van der Waals surface area contributed by atoms with Crippen molar-refractivity contribution in [2.45, 2.75) is 11.7 Å². The quantitative estimate of drug-likeness (QED) is 0.420. The molecule has 0 fully saturated rings. The Hall–Kier alpha value is -3.99. The Bertz CT molecular complexity index is 1490. The minimum atomic E-state index is -0.414. The number of rotatable bonds is 5. The molecule has 0 spiro atoms. The fourth-order valence-corrected chi connectivity index (χ4v) is 3.70. The number of carbonyl (C=O) groups excluding carboxylic acids is 1. The van der Waals surface area contributed by atoms with Crippen LogP contribution in [0.3, 0.4) is 0 Å². The third-order valence-electron chi connectivity index (χ3n) is 4.66. The second-order valence-corrected chi connectivity index (χ2v) is 7.40. The molecule has 0 unspecified atom stereocenters. The number of furan rings is 1. The van der Waals surface area contributed by atoms with Crippen molar-refractivity contribution < 1.29 is 9.21 Å². The van der Waals surface area contributed by atoms with E-state index in [2.05, 4.69) is 25.8 Å². The van der Waals surface area contributed by atoms with Crippen LogP contribution in [0.5, 0.6) is 0 Å². The first-order valence-electron chi connectivity index (χ1n) is 9.23. The van der Waals surface area contributed by atoms with Crippen LogP contribution < -0.4 is 10.9 Å². The molecule has 0 saturated carbocycles. The van der Waals surface area contributed by atoms with Crippen molar-refractivity contribution in [3.8, 4) is 5.69 Å². The Balaban J connectivity index is 1.39. The van der Waals surface area contributed by atoms with Crippen LogP contribution in [0, 0.1) is 0 Å². The number of hydrogen-bond acceptors (Lipinski definition) is 8. The zero-order valence-electron chi connectivity index (χ0n) is 16.2. The summed E-state index contributed by atoms with van der Waals surface area (Å²) in [4.78, 5) is 29.7. The number of nitrogens with one attached hydrogen (secondary N) is 1. The zero-order valence-corrected chi connectivity index (χ0v) is 17.0. The Kier molecular flexibility index (Phi) is 4.71. The number of tetrazole rings is 1. The first-order chi connectivity index (χ1) is 15.1. The molecule has 3 aromatic heterocycles. The van der Waals surface area contributed by atoms with Crippen molar-refractivity contribution in [1.29, 1.82) is 0 Å². The molecule has 0 saturated heterocycles. The predicted octanol–water partition coefficient (Wildman–Crippen LogP) is 2.48. The van der Waals surface area contributed by atoms with Gasteiger partial charge in [0.25, 0.3) is 5.56 Å². The SMILES string of the molecule is CSc1nnnn1-c1cccc(NC(=O)Cn2cnc3c(oc4ccccc43)c2=O)c1. The predicted molar refractivity (Wildman–Crippen MR) is 115 cm³/mol. The summed E-state index contributed by atoms with van der Waals surface area (Å²) in [5, 5.41) is 15.7. The molecule has 0 atom stereocenters. The second-order valence-electron chi connectivity index (χ2n) is 6.63. The number of carbonyl (C=O) groups is 1. The first kappa shape index (κ1) is 19.0. The van der Waals surface area contributed by atoms with Gasteiger partial charge in [0.1, 0.15) is 17.6 Å². The van der Waals surface area contributed by atoms with Gasteiger partial charge >= 0.3 is 0 Å². The lowest BCUT2D eigenvalue weighted by Gasteiger charge is -2.09.